The number of nitrogens with one attached hydrogen (secondary N) is 1. The number of amides is 1. The average Bonchev–Trinajstić information content (AvgIpc) is 3.48. The number of carboxylic acid groups (broad SMARTS) is 1. The number of carbonyl (C=O) groups excluding carboxylic acids is 1. The quantitative estimate of drug-likeness (QED) is 0.0496. The lowest BCUT2D eigenvalue weighted by molar-refractivity contribution is -0.156. The molecule has 23 heteroatoms. The van der Waals surface area contributed by atoms with Crippen LogP contribution in [0.2, 0.25) is 0 Å². The van der Waals surface area contributed by atoms with Crippen LogP contribution < -0.4 is 10.2 Å². The zero-order chi connectivity index (χ0) is 45.6. The first-order valence-electron chi connectivity index (χ1n) is 18.5. The zero-order valence-electron chi connectivity index (χ0n) is 33.3. The van der Waals surface area contributed by atoms with Crippen molar-refractivity contribution in [3.63, 3.8) is 0 Å². The van der Waals surface area contributed by atoms with E-state index in [1.54, 1.807) is 45.1 Å². The highest BCUT2D eigenvalue weighted by atomic mass is 32.2. The topological polar surface area (TPSA) is 299 Å². The van der Waals surface area contributed by atoms with Crippen LogP contribution in [0.25, 0.3) is 0 Å². The fourth-order valence-electron chi connectivity index (χ4n) is 6.84. The van der Waals surface area contributed by atoms with Crippen molar-refractivity contribution in [3.8, 4) is 0 Å². The van der Waals surface area contributed by atoms with Crippen LogP contribution in [0.5, 0.6) is 0 Å². The first-order chi connectivity index (χ1) is 28.1. The summed E-state index contributed by atoms with van der Waals surface area (Å²) in [6, 6.07) is 11.2. The fourth-order valence-corrected chi connectivity index (χ4v) is 9.79. The molecule has 0 saturated heterocycles. The highest BCUT2D eigenvalue weighted by molar-refractivity contribution is 8.03. The molecule has 61 heavy (non-hydrogen) atoms. The van der Waals surface area contributed by atoms with Gasteiger partial charge in [-0.3, -0.25) is 32.8 Å². The van der Waals surface area contributed by atoms with Crippen molar-refractivity contribution in [1.29, 1.82) is 0 Å². The van der Waals surface area contributed by atoms with Gasteiger partial charge in [0.25, 0.3) is 40.5 Å². The summed E-state index contributed by atoms with van der Waals surface area (Å²) in [6.45, 7) is 4.52. The summed E-state index contributed by atoms with van der Waals surface area (Å²) in [4.78, 5) is 33.8. The number of aliphatic imine (C=N–C) groups is 1. The minimum atomic E-state index is -4.64. The van der Waals surface area contributed by atoms with Gasteiger partial charge < -0.3 is 15.3 Å². The van der Waals surface area contributed by atoms with Crippen molar-refractivity contribution in [2.75, 3.05) is 41.8 Å². The lowest BCUT2D eigenvalue weighted by atomic mass is 9.71. The van der Waals surface area contributed by atoms with E-state index in [1.165, 1.54) is 42.1 Å². The number of hydrogen-bond acceptors (Lipinski definition) is 13. The normalized spacial score (nSPS) is 19.4. The van der Waals surface area contributed by atoms with Crippen molar-refractivity contribution >= 4 is 75.5 Å². The molecule has 0 fully saturated rings. The van der Waals surface area contributed by atoms with Gasteiger partial charge in [0.2, 0.25) is 5.91 Å². The molecular formula is C38H47N3O15S5. The third-order valence-corrected chi connectivity index (χ3v) is 14.2. The maximum atomic E-state index is 13.8. The van der Waals surface area contributed by atoms with E-state index in [9.17, 15) is 66.6 Å². The van der Waals surface area contributed by atoms with Crippen LogP contribution in [0.4, 0.5) is 5.69 Å². The molecule has 1 heterocycles. The molecule has 0 aromatic heterocycles. The molecule has 1 aliphatic heterocycles. The number of allylic oxidation sites excluding steroid dienone is 7. The number of hydrogen-bond donors (Lipinski definition) is 6. The third kappa shape index (κ3) is 13.9. The zero-order valence-corrected chi connectivity index (χ0v) is 37.3. The van der Waals surface area contributed by atoms with Crippen LogP contribution in [0.3, 0.4) is 0 Å². The summed E-state index contributed by atoms with van der Waals surface area (Å²) in [7, 11) is -17.8. The second kappa shape index (κ2) is 19.5. The van der Waals surface area contributed by atoms with Gasteiger partial charge in [0, 0.05) is 35.7 Å². The van der Waals surface area contributed by atoms with E-state index in [0.29, 0.717) is 21.7 Å². The maximum Gasteiger partial charge on any atom is 0.319 e. The number of para-hydroxylation sites is 1. The molecule has 334 valence electrons. The number of aliphatic carboxylic acids is 1. The monoisotopic (exact) mass is 945 g/mol. The highest BCUT2D eigenvalue weighted by Crippen LogP contribution is 2.46. The van der Waals surface area contributed by atoms with Crippen molar-refractivity contribution in [2.24, 2.45) is 10.4 Å². The molecular weight excluding hydrogens is 899 g/mol. The minimum Gasteiger partial charge on any atom is -0.480 e. The molecule has 2 aromatic carbocycles. The van der Waals surface area contributed by atoms with Crippen LogP contribution in [-0.2, 0) is 55.5 Å². The Labute approximate surface area is 359 Å². The van der Waals surface area contributed by atoms with Gasteiger partial charge >= 0.3 is 5.97 Å². The van der Waals surface area contributed by atoms with E-state index in [0.717, 1.165) is 10.6 Å². The Bertz CT molecular complexity index is 2650. The Hall–Kier alpha value is -4.20. The van der Waals surface area contributed by atoms with Gasteiger partial charge in [0.1, 0.15) is 0 Å². The van der Waals surface area contributed by atoms with Gasteiger partial charge in [0.05, 0.1) is 32.9 Å². The van der Waals surface area contributed by atoms with E-state index in [-0.39, 0.29) is 43.6 Å². The van der Waals surface area contributed by atoms with Crippen LogP contribution in [0.1, 0.15) is 50.7 Å². The van der Waals surface area contributed by atoms with Gasteiger partial charge in [0.15, 0.2) is 5.41 Å². The minimum absolute atomic E-state index is 0.0675. The molecule has 0 bridgehead atoms. The number of anilines is 1. The molecule has 18 nitrogen and oxygen atoms in total. The highest BCUT2D eigenvalue weighted by Gasteiger charge is 2.48. The number of benzene rings is 2. The summed E-state index contributed by atoms with van der Waals surface area (Å²) in [5.41, 5.74) is -0.808. The number of nitrogens with zero attached hydrogens (tertiary/aromatic N) is 2. The molecule has 1 aliphatic carbocycles. The standard InChI is InChI=1S/C38H47N3O15S5/c1-26-10-13-29(61(54,55)56)23-30(26)37(2,3)33(39-16-6-19-58(45,46)47)14-11-27-22-28(25-38(24-27,36(43)44)35(42)40-17-21-60(51,52)53)12-15-34-41(18-7-20-59(48,49)50)31-8-4-5-9-32(31)57-34/h4-5,8-15,22-23H,6-7,16-21,24-25H2,1-3H3,(H,40,42)(H,43,44)(H,45,46,47)(H,48,49,50)(H,51,52,53)(H,54,55,56)/b14-11+,28-12-,34-15-,39-33+. The molecule has 2 aliphatic rings. The Morgan fingerprint density at radius 2 is 1.52 bits per heavy atom. The van der Waals surface area contributed by atoms with Crippen LogP contribution in [0.15, 0.2) is 104 Å². The smallest absolute Gasteiger partial charge is 0.319 e. The van der Waals surface area contributed by atoms with Gasteiger partial charge in [-0.05, 0) is 91.3 Å². The van der Waals surface area contributed by atoms with E-state index in [2.05, 4.69) is 10.3 Å². The molecule has 0 spiro atoms. The SMILES string of the molecule is Cc1ccc(S(=O)(=O)O)cc1C(C)(C)C(/C=C/C1=CC(=C/C=C2\Sc3ccccc3N2CCCS(=O)(=O)O)/CC(C(=O)O)(C(=O)NCCS(=O)(=O)O)C1)=N/CCCS(=O)(=O)O. The first-order valence-corrected chi connectivity index (χ1v) is 25.5. The number of thioether (sulfide) groups is 1. The number of carbonyl (C=O) groups is 2. The predicted molar refractivity (Wildman–Crippen MR) is 230 cm³/mol. The average molecular weight is 946 g/mol. The summed E-state index contributed by atoms with van der Waals surface area (Å²) in [5, 5.41) is 13.6. The summed E-state index contributed by atoms with van der Waals surface area (Å²) in [6.07, 6.45) is 6.99. The molecule has 6 N–H and O–H groups in total. The summed E-state index contributed by atoms with van der Waals surface area (Å²) in [5.74, 6) is -4.60. The third-order valence-electron chi connectivity index (χ3n) is 9.85. The van der Waals surface area contributed by atoms with Crippen molar-refractivity contribution in [3.05, 3.63) is 100 Å². The van der Waals surface area contributed by atoms with Gasteiger partial charge in [-0.2, -0.15) is 33.7 Å². The van der Waals surface area contributed by atoms with Crippen LogP contribution in [0, 0.1) is 12.3 Å². The summed E-state index contributed by atoms with van der Waals surface area (Å²) >= 11 is 1.34. The van der Waals surface area contributed by atoms with Crippen molar-refractivity contribution in [1.82, 2.24) is 5.32 Å². The molecule has 0 saturated carbocycles. The molecule has 4 rings (SSSR count). The van der Waals surface area contributed by atoms with Crippen LogP contribution >= 0.6 is 11.8 Å². The molecule has 1 amide bonds. The fraction of sp³-hybridized carbons (Fsp3) is 0.395. The Balaban J connectivity index is 1.85. The number of fused-ring (bicyclic) bond motifs is 1. The van der Waals surface area contributed by atoms with Crippen molar-refractivity contribution in [2.45, 2.75) is 61.7 Å². The lowest BCUT2D eigenvalue weighted by Gasteiger charge is -2.33. The summed E-state index contributed by atoms with van der Waals surface area (Å²) < 4.78 is 131. The van der Waals surface area contributed by atoms with Gasteiger partial charge in [-0.15, -0.1) is 0 Å². The Kier molecular flexibility index (Phi) is 15.8. The maximum absolute atomic E-state index is 13.8. The number of aryl methyl sites for hydroxylation is 1. The molecule has 2 aromatic rings. The second-order valence-corrected chi connectivity index (χ2v) is 22.1. The van der Waals surface area contributed by atoms with Crippen LogP contribution in [-0.4, -0.2) is 111 Å². The number of carboxylic acids is 1. The molecule has 1 unspecified atom stereocenters. The lowest BCUT2D eigenvalue weighted by Crippen LogP contribution is -2.49. The van der Waals surface area contributed by atoms with Gasteiger partial charge in [-0.25, -0.2) is 0 Å². The second-order valence-electron chi connectivity index (χ2n) is 14.9. The van der Waals surface area contributed by atoms with E-state index >= 15 is 0 Å². The Morgan fingerprint density at radius 1 is 0.885 bits per heavy atom. The molecule has 1 atom stereocenters. The molecule has 0 radical (unpaired) electrons. The first kappa shape index (κ1) is 49.5. The van der Waals surface area contributed by atoms with E-state index in [1.807, 2.05) is 23.1 Å². The largest absolute Gasteiger partial charge is 0.480 e. The van der Waals surface area contributed by atoms with Gasteiger partial charge in [-0.1, -0.05) is 62.0 Å². The Morgan fingerprint density at radius 3 is 2.15 bits per heavy atom. The number of rotatable bonds is 19. The van der Waals surface area contributed by atoms with E-state index < -0.39 is 98.3 Å². The van der Waals surface area contributed by atoms with E-state index in [4.69, 9.17) is 0 Å². The predicted octanol–water partition coefficient (Wildman–Crippen LogP) is 4.25. The van der Waals surface area contributed by atoms with Crippen molar-refractivity contribution < 1.29 is 66.6 Å².